The van der Waals surface area contributed by atoms with E-state index in [1.165, 1.54) is 32.4 Å². The largest absolute Gasteiger partial charge is 0.480 e. The summed E-state index contributed by atoms with van der Waals surface area (Å²) < 4.78 is 21.7. The Morgan fingerprint density at radius 3 is 2.61 bits per heavy atom. The molecule has 184 valence electrons. The molecule has 1 N–H and O–H groups in total. The van der Waals surface area contributed by atoms with E-state index in [-0.39, 0.29) is 17.8 Å². The molecule has 2 aliphatic carbocycles. The van der Waals surface area contributed by atoms with E-state index in [9.17, 15) is 9.18 Å². The van der Waals surface area contributed by atoms with Crippen molar-refractivity contribution in [3.05, 3.63) is 82.9 Å². The Labute approximate surface area is 214 Å². The van der Waals surface area contributed by atoms with E-state index in [0.717, 1.165) is 29.5 Å². The summed E-state index contributed by atoms with van der Waals surface area (Å²) in [6.45, 7) is 0.516. The van der Waals surface area contributed by atoms with Crippen LogP contribution in [-0.2, 0) is 6.54 Å². The van der Waals surface area contributed by atoms with Crippen molar-refractivity contribution < 1.29 is 13.9 Å². The first-order valence-corrected chi connectivity index (χ1v) is 12.7. The first-order valence-electron chi connectivity index (χ1n) is 12.3. The Bertz CT molecular complexity index is 1450. The highest BCUT2D eigenvalue weighted by atomic mass is 35.5. The summed E-state index contributed by atoms with van der Waals surface area (Å²) in [5.41, 5.74) is 4.52. The quantitative estimate of drug-likeness (QED) is 0.322. The molecule has 0 radical (unpaired) electrons. The highest BCUT2D eigenvalue weighted by molar-refractivity contribution is 6.32. The number of carbonyl (C=O) groups is 1. The number of pyridine rings is 1. The van der Waals surface area contributed by atoms with Crippen molar-refractivity contribution in [1.29, 1.82) is 0 Å². The van der Waals surface area contributed by atoms with Crippen molar-refractivity contribution >= 4 is 28.4 Å². The second-order valence-electron chi connectivity index (χ2n) is 10.1. The molecule has 1 spiro atoms. The van der Waals surface area contributed by atoms with Gasteiger partial charge in [0, 0.05) is 35.9 Å². The fourth-order valence-electron chi connectivity index (χ4n) is 5.77. The number of benzene rings is 2. The number of rotatable bonds is 6. The minimum Gasteiger partial charge on any atom is -0.480 e. The molecule has 0 saturated heterocycles. The zero-order valence-electron chi connectivity index (χ0n) is 20.1. The second kappa shape index (κ2) is 8.93. The van der Waals surface area contributed by atoms with E-state index >= 15 is 0 Å². The standard InChI is InChI=1S/C29H27ClFN3O2/c1-36-28-24(30)13-20(16-32-28)19-5-3-18(4-6-19)17-34-12-9-22-25(31)8-7-23(26(22)34)27(35)33-21-14-29(15-21)10-2-11-29/h3-9,12-13,16,21H,2,10-11,14-15,17H2,1H3,(H,33,35). The highest BCUT2D eigenvalue weighted by Gasteiger charge is 2.48. The van der Waals surface area contributed by atoms with Gasteiger partial charge in [-0.15, -0.1) is 0 Å². The summed E-state index contributed by atoms with van der Waals surface area (Å²) in [6, 6.07) is 14.8. The fraction of sp³-hybridized carbons (Fsp3) is 0.310. The van der Waals surface area contributed by atoms with Crippen molar-refractivity contribution in [3.63, 3.8) is 0 Å². The lowest BCUT2D eigenvalue weighted by atomic mass is 9.54. The molecule has 2 saturated carbocycles. The topological polar surface area (TPSA) is 56.2 Å². The van der Waals surface area contributed by atoms with Gasteiger partial charge in [0.1, 0.15) is 10.8 Å². The number of hydrogen-bond donors (Lipinski definition) is 1. The summed E-state index contributed by atoms with van der Waals surface area (Å²) in [5.74, 6) is -0.0570. The normalized spacial score (nSPS) is 16.5. The number of fused-ring (bicyclic) bond motifs is 1. The Morgan fingerprint density at radius 1 is 1.17 bits per heavy atom. The monoisotopic (exact) mass is 503 g/mol. The van der Waals surface area contributed by atoms with Crippen LogP contribution in [0.4, 0.5) is 4.39 Å². The number of ether oxygens (including phenoxy) is 1. The molecule has 1 amide bonds. The van der Waals surface area contributed by atoms with Crippen molar-refractivity contribution in [2.75, 3.05) is 7.11 Å². The molecule has 0 unspecified atom stereocenters. The molecule has 7 heteroatoms. The average molecular weight is 504 g/mol. The molecular formula is C29H27ClFN3O2. The summed E-state index contributed by atoms with van der Waals surface area (Å²) in [4.78, 5) is 17.4. The zero-order valence-corrected chi connectivity index (χ0v) is 20.8. The maximum absolute atomic E-state index is 14.6. The number of nitrogens with zero attached hydrogens (tertiary/aromatic N) is 2. The molecule has 4 aromatic rings. The molecule has 0 atom stereocenters. The molecule has 36 heavy (non-hydrogen) atoms. The van der Waals surface area contributed by atoms with Crippen LogP contribution in [0.15, 0.2) is 60.9 Å². The summed E-state index contributed by atoms with van der Waals surface area (Å²) in [6.07, 6.45) is 9.56. The van der Waals surface area contributed by atoms with Crippen LogP contribution in [0.5, 0.6) is 5.88 Å². The molecule has 0 bridgehead atoms. The van der Waals surface area contributed by atoms with E-state index in [2.05, 4.69) is 10.3 Å². The van der Waals surface area contributed by atoms with Gasteiger partial charge in [0.25, 0.3) is 5.91 Å². The molecule has 2 aromatic heterocycles. The van der Waals surface area contributed by atoms with Crippen LogP contribution >= 0.6 is 11.6 Å². The highest BCUT2D eigenvalue weighted by Crippen LogP contribution is 2.55. The van der Waals surface area contributed by atoms with Crippen molar-refractivity contribution in [2.45, 2.75) is 44.7 Å². The lowest BCUT2D eigenvalue weighted by molar-refractivity contribution is -0.000603. The van der Waals surface area contributed by atoms with Crippen molar-refractivity contribution in [1.82, 2.24) is 14.9 Å². The molecule has 2 aliphatic rings. The van der Waals surface area contributed by atoms with Crippen LogP contribution in [0.25, 0.3) is 22.0 Å². The Kier molecular flexibility index (Phi) is 5.72. The number of nitrogens with one attached hydrogen (secondary N) is 1. The van der Waals surface area contributed by atoms with E-state index in [0.29, 0.717) is 39.3 Å². The van der Waals surface area contributed by atoms with Gasteiger partial charge in [0.2, 0.25) is 5.88 Å². The van der Waals surface area contributed by atoms with Crippen LogP contribution in [-0.4, -0.2) is 28.6 Å². The molecule has 6 rings (SSSR count). The SMILES string of the molecule is COc1ncc(-c2ccc(Cn3ccc4c(F)ccc(C(=O)NC5CC6(CCC6)C5)c43)cc2)cc1Cl. The number of amides is 1. The Morgan fingerprint density at radius 2 is 1.94 bits per heavy atom. The maximum atomic E-state index is 14.6. The minimum absolute atomic E-state index is 0.127. The predicted molar refractivity (Wildman–Crippen MR) is 139 cm³/mol. The Balaban J connectivity index is 1.23. The van der Waals surface area contributed by atoms with Gasteiger partial charge in [0.05, 0.1) is 18.2 Å². The van der Waals surface area contributed by atoms with Crippen molar-refractivity contribution in [3.8, 4) is 17.0 Å². The molecular weight excluding hydrogens is 477 g/mol. The van der Waals surface area contributed by atoms with Gasteiger partial charge in [0.15, 0.2) is 0 Å². The fourth-order valence-corrected chi connectivity index (χ4v) is 6.02. The summed E-state index contributed by atoms with van der Waals surface area (Å²) >= 11 is 6.23. The predicted octanol–water partition coefficient (Wildman–Crippen LogP) is 6.62. The second-order valence-corrected chi connectivity index (χ2v) is 10.6. The van der Waals surface area contributed by atoms with Gasteiger partial charge in [-0.3, -0.25) is 4.79 Å². The van der Waals surface area contributed by atoms with Crippen LogP contribution in [0, 0.1) is 11.2 Å². The number of aromatic nitrogens is 2. The van der Waals surface area contributed by atoms with Crippen LogP contribution < -0.4 is 10.1 Å². The third-order valence-electron chi connectivity index (χ3n) is 7.87. The van der Waals surface area contributed by atoms with E-state index < -0.39 is 0 Å². The number of halogens is 2. The third kappa shape index (κ3) is 4.03. The maximum Gasteiger partial charge on any atom is 0.253 e. The first kappa shape index (κ1) is 23.0. The summed E-state index contributed by atoms with van der Waals surface area (Å²) in [5, 5.41) is 4.10. The van der Waals surface area contributed by atoms with Crippen molar-refractivity contribution in [2.24, 2.45) is 5.41 Å². The number of methoxy groups -OCH3 is 1. The summed E-state index contributed by atoms with van der Waals surface area (Å²) in [7, 11) is 1.53. The number of carbonyl (C=O) groups excluding carboxylic acids is 1. The van der Waals surface area contributed by atoms with Crippen LogP contribution in [0.1, 0.15) is 48.0 Å². The first-order chi connectivity index (χ1) is 17.4. The van der Waals surface area contributed by atoms with Gasteiger partial charge in [-0.2, -0.15) is 0 Å². The lowest BCUT2D eigenvalue weighted by Crippen LogP contribution is -2.53. The number of hydrogen-bond acceptors (Lipinski definition) is 3. The van der Waals surface area contributed by atoms with Gasteiger partial charge >= 0.3 is 0 Å². The third-order valence-corrected chi connectivity index (χ3v) is 8.14. The molecule has 5 nitrogen and oxygen atoms in total. The zero-order chi connectivity index (χ0) is 24.9. The molecule has 0 aliphatic heterocycles. The van der Waals surface area contributed by atoms with Gasteiger partial charge in [-0.1, -0.05) is 42.3 Å². The Hall–Kier alpha value is -3.38. The van der Waals surface area contributed by atoms with Gasteiger partial charge < -0.3 is 14.6 Å². The van der Waals surface area contributed by atoms with E-state index in [1.54, 1.807) is 18.3 Å². The molecule has 2 fully saturated rings. The lowest BCUT2D eigenvalue weighted by Gasteiger charge is -2.54. The molecule has 2 aromatic carbocycles. The van der Waals surface area contributed by atoms with Crippen LogP contribution in [0.2, 0.25) is 5.02 Å². The van der Waals surface area contributed by atoms with Gasteiger partial charge in [-0.05, 0) is 66.5 Å². The van der Waals surface area contributed by atoms with Crippen LogP contribution in [0.3, 0.4) is 0 Å². The minimum atomic E-state index is -0.323. The van der Waals surface area contributed by atoms with E-state index in [1.807, 2.05) is 41.1 Å². The van der Waals surface area contributed by atoms with Gasteiger partial charge in [-0.25, -0.2) is 9.37 Å². The van der Waals surface area contributed by atoms with E-state index in [4.69, 9.17) is 16.3 Å². The smallest absolute Gasteiger partial charge is 0.253 e. The molecule has 2 heterocycles. The average Bonchev–Trinajstić information content (AvgIpc) is 3.25.